The summed E-state index contributed by atoms with van der Waals surface area (Å²) >= 11 is 1.17. The monoisotopic (exact) mass is 287 g/mol. The van der Waals surface area contributed by atoms with Crippen molar-refractivity contribution in [2.75, 3.05) is 0 Å². The summed E-state index contributed by atoms with van der Waals surface area (Å²) in [4.78, 5) is 0. The first-order valence-electron chi connectivity index (χ1n) is 6.29. The summed E-state index contributed by atoms with van der Waals surface area (Å²) in [5, 5.41) is 10.7. The molecule has 3 rings (SSSR count). The molecule has 4 nitrogen and oxygen atoms in total. The van der Waals surface area contributed by atoms with Crippen LogP contribution in [0, 0.1) is 11.8 Å². The minimum Gasteiger partial charge on any atom is -0.392 e. The Labute approximate surface area is 111 Å². The van der Waals surface area contributed by atoms with Crippen molar-refractivity contribution in [2.24, 2.45) is 11.8 Å². The fraction of sp³-hybridized carbons (Fsp3) is 0.667. The van der Waals surface area contributed by atoms with E-state index < -0.39 is 10.0 Å². The molecule has 0 radical (unpaired) electrons. The zero-order chi connectivity index (χ0) is 12.8. The Morgan fingerprint density at radius 3 is 2.78 bits per heavy atom. The number of aliphatic hydroxyl groups is 1. The highest BCUT2D eigenvalue weighted by Crippen LogP contribution is 2.44. The molecule has 3 atom stereocenters. The predicted octanol–water partition coefficient (Wildman–Crippen LogP) is 1.71. The van der Waals surface area contributed by atoms with Gasteiger partial charge in [-0.25, -0.2) is 13.1 Å². The number of nitrogens with one attached hydrogen (secondary N) is 1. The second-order valence-electron chi connectivity index (χ2n) is 5.33. The van der Waals surface area contributed by atoms with Crippen molar-refractivity contribution < 1.29 is 13.5 Å². The van der Waals surface area contributed by atoms with Crippen LogP contribution in [0.25, 0.3) is 0 Å². The third-order valence-corrected chi connectivity index (χ3v) is 7.10. The van der Waals surface area contributed by atoms with E-state index in [1.165, 1.54) is 24.2 Å². The molecular formula is C12H17NO3S2. The fourth-order valence-corrected chi connectivity index (χ4v) is 5.76. The van der Waals surface area contributed by atoms with Crippen LogP contribution in [0.1, 0.15) is 31.2 Å². The Morgan fingerprint density at radius 2 is 2.22 bits per heavy atom. The van der Waals surface area contributed by atoms with Gasteiger partial charge < -0.3 is 5.11 Å². The summed E-state index contributed by atoms with van der Waals surface area (Å²) in [7, 11) is -3.40. The average Bonchev–Trinajstić information content (AvgIpc) is 3.04. The smallest absolute Gasteiger partial charge is 0.250 e. The lowest BCUT2D eigenvalue weighted by Gasteiger charge is -2.22. The molecule has 2 fully saturated rings. The van der Waals surface area contributed by atoms with E-state index in [0.717, 1.165) is 18.8 Å². The summed E-state index contributed by atoms with van der Waals surface area (Å²) < 4.78 is 27.6. The number of hydrogen-bond acceptors (Lipinski definition) is 4. The second-order valence-corrected chi connectivity index (χ2v) is 8.19. The molecule has 100 valence electrons. The normalized spacial score (nSPS) is 31.1. The van der Waals surface area contributed by atoms with Gasteiger partial charge in [0, 0.05) is 6.04 Å². The summed E-state index contributed by atoms with van der Waals surface area (Å²) in [5.41, 5.74) is 0.660. The molecule has 0 saturated heterocycles. The lowest BCUT2D eigenvalue weighted by molar-refractivity contribution is 0.282. The second kappa shape index (κ2) is 4.59. The van der Waals surface area contributed by atoms with Crippen LogP contribution in [-0.2, 0) is 16.6 Å². The van der Waals surface area contributed by atoms with E-state index in [4.69, 9.17) is 5.11 Å². The number of sulfonamides is 1. The van der Waals surface area contributed by atoms with Crippen molar-refractivity contribution in [3.8, 4) is 0 Å². The molecule has 1 aromatic rings. The first kappa shape index (κ1) is 12.6. The maximum Gasteiger partial charge on any atom is 0.250 e. The zero-order valence-corrected chi connectivity index (χ0v) is 11.6. The Balaban J connectivity index is 1.75. The molecule has 0 aromatic carbocycles. The number of hydrogen-bond donors (Lipinski definition) is 2. The Hall–Kier alpha value is -0.430. The highest BCUT2D eigenvalue weighted by atomic mass is 32.2. The number of thiophene rings is 1. The molecule has 1 aromatic heterocycles. The van der Waals surface area contributed by atoms with E-state index >= 15 is 0 Å². The van der Waals surface area contributed by atoms with Crippen molar-refractivity contribution in [3.63, 3.8) is 0 Å². The predicted molar refractivity (Wildman–Crippen MR) is 69.8 cm³/mol. The maximum absolute atomic E-state index is 12.2. The molecule has 2 aliphatic carbocycles. The van der Waals surface area contributed by atoms with E-state index in [1.54, 1.807) is 11.4 Å². The van der Waals surface area contributed by atoms with Gasteiger partial charge in [0.25, 0.3) is 0 Å². The zero-order valence-electron chi connectivity index (χ0n) is 10.0. The summed E-state index contributed by atoms with van der Waals surface area (Å²) in [6, 6.07) is 1.67. The number of fused-ring (bicyclic) bond motifs is 2. The Morgan fingerprint density at radius 1 is 1.39 bits per heavy atom. The summed E-state index contributed by atoms with van der Waals surface area (Å²) in [6.07, 6.45) is 4.59. The van der Waals surface area contributed by atoms with Gasteiger partial charge in [0.2, 0.25) is 10.0 Å². The van der Waals surface area contributed by atoms with Crippen LogP contribution in [0.2, 0.25) is 0 Å². The van der Waals surface area contributed by atoms with Gasteiger partial charge in [0.15, 0.2) is 0 Å². The number of aliphatic hydroxyl groups excluding tert-OH is 1. The molecule has 3 unspecified atom stereocenters. The fourth-order valence-electron chi connectivity index (χ4n) is 3.22. The van der Waals surface area contributed by atoms with Crippen LogP contribution in [0.4, 0.5) is 0 Å². The lowest BCUT2D eigenvalue weighted by Crippen LogP contribution is -2.38. The van der Waals surface area contributed by atoms with Crippen molar-refractivity contribution >= 4 is 21.4 Å². The van der Waals surface area contributed by atoms with Crippen LogP contribution in [-0.4, -0.2) is 19.6 Å². The van der Waals surface area contributed by atoms with Crippen molar-refractivity contribution in [3.05, 3.63) is 17.0 Å². The highest BCUT2D eigenvalue weighted by Gasteiger charge is 2.41. The van der Waals surface area contributed by atoms with Crippen LogP contribution in [0.5, 0.6) is 0 Å². The van der Waals surface area contributed by atoms with E-state index in [9.17, 15) is 8.42 Å². The lowest BCUT2D eigenvalue weighted by atomic mass is 9.96. The Kier molecular flexibility index (Phi) is 3.21. The van der Waals surface area contributed by atoms with Gasteiger partial charge in [-0.3, -0.25) is 0 Å². The molecule has 0 amide bonds. The van der Waals surface area contributed by atoms with Crippen LogP contribution in [0.3, 0.4) is 0 Å². The van der Waals surface area contributed by atoms with Gasteiger partial charge in [-0.05, 0) is 48.1 Å². The third-order valence-electron chi connectivity index (χ3n) is 4.12. The minimum atomic E-state index is -3.40. The molecule has 18 heavy (non-hydrogen) atoms. The first-order valence-corrected chi connectivity index (χ1v) is 8.65. The van der Waals surface area contributed by atoms with Crippen molar-refractivity contribution in [1.82, 2.24) is 4.72 Å². The quantitative estimate of drug-likeness (QED) is 0.886. The molecule has 0 aliphatic heterocycles. The molecule has 0 spiro atoms. The summed E-state index contributed by atoms with van der Waals surface area (Å²) in [5.74, 6) is 1.25. The molecule has 2 aliphatic rings. The average molecular weight is 287 g/mol. The number of rotatable bonds is 4. The molecule has 2 bridgehead atoms. The molecular weight excluding hydrogens is 270 g/mol. The van der Waals surface area contributed by atoms with Gasteiger partial charge in [-0.15, -0.1) is 11.3 Å². The highest BCUT2D eigenvalue weighted by molar-refractivity contribution is 7.91. The summed E-state index contributed by atoms with van der Waals surface area (Å²) in [6.45, 7) is -0.111. The third kappa shape index (κ3) is 2.22. The van der Waals surface area contributed by atoms with Crippen LogP contribution < -0.4 is 4.72 Å². The van der Waals surface area contributed by atoms with Gasteiger partial charge in [0.1, 0.15) is 4.21 Å². The van der Waals surface area contributed by atoms with E-state index in [1.807, 2.05) is 0 Å². The van der Waals surface area contributed by atoms with Gasteiger partial charge in [0.05, 0.1) is 6.61 Å². The standard InChI is InChI=1S/C12H17NO3S2/c14-6-9-5-12(17-7-9)18(15,16)13-11-4-8-1-2-10(11)3-8/h5,7-8,10-11,13-14H,1-4,6H2. The van der Waals surface area contributed by atoms with Gasteiger partial charge in [-0.2, -0.15) is 0 Å². The maximum atomic E-state index is 12.2. The molecule has 2 saturated carbocycles. The van der Waals surface area contributed by atoms with E-state index in [-0.39, 0.29) is 12.6 Å². The van der Waals surface area contributed by atoms with Crippen LogP contribution >= 0.6 is 11.3 Å². The van der Waals surface area contributed by atoms with E-state index in [2.05, 4.69) is 4.72 Å². The van der Waals surface area contributed by atoms with E-state index in [0.29, 0.717) is 15.7 Å². The Bertz CT molecular complexity index is 537. The minimum absolute atomic E-state index is 0.111. The molecule has 2 N–H and O–H groups in total. The van der Waals surface area contributed by atoms with Crippen molar-refractivity contribution in [2.45, 2.75) is 42.5 Å². The van der Waals surface area contributed by atoms with Gasteiger partial charge >= 0.3 is 0 Å². The SMILES string of the molecule is O=S(=O)(NC1CC2CCC1C2)c1cc(CO)cs1. The first-order chi connectivity index (χ1) is 8.58. The topological polar surface area (TPSA) is 66.4 Å². The van der Waals surface area contributed by atoms with Gasteiger partial charge in [-0.1, -0.05) is 6.42 Å². The van der Waals surface area contributed by atoms with Crippen LogP contribution in [0.15, 0.2) is 15.7 Å². The molecule has 1 heterocycles. The molecule has 6 heteroatoms. The largest absolute Gasteiger partial charge is 0.392 e. The van der Waals surface area contributed by atoms with Crippen molar-refractivity contribution in [1.29, 1.82) is 0 Å².